The molecule has 0 bridgehead atoms. The summed E-state index contributed by atoms with van der Waals surface area (Å²) in [6, 6.07) is 4.77. The second kappa shape index (κ2) is 7.68. The van der Waals surface area contributed by atoms with E-state index in [0.717, 1.165) is 13.0 Å². The smallest absolute Gasteiger partial charge is 0.224 e. The minimum Gasteiger partial charge on any atom is -0.325 e. The molecule has 1 aromatic carbocycles. The quantitative estimate of drug-likeness (QED) is 0.602. The van der Waals surface area contributed by atoms with Gasteiger partial charge in [-0.15, -0.1) is 0 Å². The van der Waals surface area contributed by atoms with Gasteiger partial charge in [0.2, 0.25) is 5.91 Å². The Bertz CT molecular complexity index is 410. The zero-order valence-electron chi connectivity index (χ0n) is 10.6. The van der Waals surface area contributed by atoms with Gasteiger partial charge in [-0.3, -0.25) is 4.79 Å². The molecular weight excluding hydrogens is 346 g/mol. The van der Waals surface area contributed by atoms with Crippen molar-refractivity contribution in [2.75, 3.05) is 11.9 Å². The van der Waals surface area contributed by atoms with Crippen LogP contribution >= 0.6 is 22.6 Å². The fourth-order valence-electron chi connectivity index (χ4n) is 1.44. The van der Waals surface area contributed by atoms with Crippen LogP contribution in [0, 0.1) is 9.39 Å². The molecule has 1 aromatic rings. The lowest BCUT2D eigenvalue weighted by atomic mass is 10.2. The Morgan fingerprint density at radius 1 is 1.44 bits per heavy atom. The molecule has 0 fully saturated rings. The molecule has 5 heteroatoms. The summed E-state index contributed by atoms with van der Waals surface area (Å²) in [4.78, 5) is 11.7. The zero-order valence-corrected chi connectivity index (χ0v) is 12.8. The van der Waals surface area contributed by atoms with Gasteiger partial charge >= 0.3 is 0 Å². The van der Waals surface area contributed by atoms with E-state index in [-0.39, 0.29) is 11.7 Å². The maximum atomic E-state index is 12.9. The molecule has 3 nitrogen and oxygen atoms in total. The fourth-order valence-corrected chi connectivity index (χ4v) is 2.06. The first-order valence-electron chi connectivity index (χ1n) is 5.97. The third kappa shape index (κ3) is 5.77. The first-order valence-corrected chi connectivity index (χ1v) is 7.05. The van der Waals surface area contributed by atoms with Crippen molar-refractivity contribution in [2.45, 2.75) is 32.7 Å². The van der Waals surface area contributed by atoms with E-state index < -0.39 is 0 Å². The van der Waals surface area contributed by atoms with Crippen LogP contribution in [0.2, 0.25) is 0 Å². The average molecular weight is 364 g/mol. The summed E-state index contributed by atoms with van der Waals surface area (Å²) in [5.41, 5.74) is 0.666. The van der Waals surface area contributed by atoms with Gasteiger partial charge in [-0.05, 0) is 53.8 Å². The van der Waals surface area contributed by atoms with E-state index in [4.69, 9.17) is 0 Å². The van der Waals surface area contributed by atoms with Gasteiger partial charge in [0.1, 0.15) is 5.82 Å². The number of rotatable bonds is 6. The van der Waals surface area contributed by atoms with Crippen molar-refractivity contribution in [1.82, 2.24) is 5.32 Å². The van der Waals surface area contributed by atoms with Crippen molar-refractivity contribution in [2.24, 2.45) is 0 Å². The van der Waals surface area contributed by atoms with Crippen LogP contribution in [-0.4, -0.2) is 18.5 Å². The van der Waals surface area contributed by atoms with E-state index in [2.05, 4.69) is 24.5 Å². The van der Waals surface area contributed by atoms with Crippen LogP contribution in [0.25, 0.3) is 0 Å². The maximum Gasteiger partial charge on any atom is 0.224 e. The molecular formula is C13H18FIN2O. The van der Waals surface area contributed by atoms with Gasteiger partial charge < -0.3 is 10.6 Å². The highest BCUT2D eigenvalue weighted by molar-refractivity contribution is 14.1. The number of amides is 1. The minimum absolute atomic E-state index is 0.0370. The number of hydrogen-bond acceptors (Lipinski definition) is 2. The first kappa shape index (κ1) is 15.4. The predicted octanol–water partition coefficient (Wildman–Crippen LogP) is 3.15. The van der Waals surface area contributed by atoms with E-state index in [1.165, 1.54) is 12.1 Å². The largest absolute Gasteiger partial charge is 0.325 e. The summed E-state index contributed by atoms with van der Waals surface area (Å²) in [5, 5.41) is 6.04. The van der Waals surface area contributed by atoms with Crippen molar-refractivity contribution in [3.05, 3.63) is 27.6 Å². The van der Waals surface area contributed by atoms with E-state index in [9.17, 15) is 9.18 Å². The number of hydrogen-bond donors (Lipinski definition) is 2. The van der Waals surface area contributed by atoms with Crippen molar-refractivity contribution >= 4 is 34.2 Å². The van der Waals surface area contributed by atoms with Crippen molar-refractivity contribution in [3.8, 4) is 0 Å². The molecule has 0 aromatic heterocycles. The monoisotopic (exact) mass is 364 g/mol. The van der Waals surface area contributed by atoms with Crippen molar-refractivity contribution in [3.63, 3.8) is 0 Å². The third-order valence-corrected chi connectivity index (χ3v) is 3.23. The Kier molecular flexibility index (Phi) is 6.56. The molecule has 0 heterocycles. The minimum atomic E-state index is -0.293. The summed E-state index contributed by atoms with van der Waals surface area (Å²) in [7, 11) is 0. The predicted molar refractivity (Wildman–Crippen MR) is 80.1 cm³/mol. The highest BCUT2D eigenvalue weighted by atomic mass is 127. The summed E-state index contributed by atoms with van der Waals surface area (Å²) in [5.74, 6) is -0.330. The lowest BCUT2D eigenvalue weighted by Crippen LogP contribution is -2.24. The van der Waals surface area contributed by atoms with Crippen LogP contribution in [0.5, 0.6) is 0 Å². The second-order valence-electron chi connectivity index (χ2n) is 4.38. The lowest BCUT2D eigenvalue weighted by Gasteiger charge is -2.09. The number of carbonyl (C=O) groups excluding carboxylic acids is 1. The van der Waals surface area contributed by atoms with Gasteiger partial charge in [0.15, 0.2) is 0 Å². The third-order valence-electron chi connectivity index (χ3n) is 2.34. The molecule has 1 amide bonds. The Labute approximate surface area is 121 Å². The molecule has 0 spiro atoms. The van der Waals surface area contributed by atoms with Gasteiger partial charge in [0, 0.05) is 16.0 Å². The molecule has 0 saturated heterocycles. The molecule has 0 atom stereocenters. The highest BCUT2D eigenvalue weighted by Crippen LogP contribution is 2.19. The van der Waals surface area contributed by atoms with E-state index >= 15 is 0 Å². The van der Waals surface area contributed by atoms with Crippen molar-refractivity contribution in [1.29, 1.82) is 0 Å². The molecule has 18 heavy (non-hydrogen) atoms. The Hall–Kier alpha value is -0.690. The fraction of sp³-hybridized carbons (Fsp3) is 0.462. The van der Waals surface area contributed by atoms with Gasteiger partial charge in [-0.2, -0.15) is 0 Å². The number of carbonyl (C=O) groups is 1. The molecule has 0 unspecified atom stereocenters. The molecule has 0 aliphatic carbocycles. The topological polar surface area (TPSA) is 41.1 Å². The highest BCUT2D eigenvalue weighted by Gasteiger charge is 2.06. The van der Waals surface area contributed by atoms with Gasteiger partial charge in [-0.25, -0.2) is 4.39 Å². The molecule has 0 aliphatic heterocycles. The molecule has 0 radical (unpaired) electrons. The SMILES string of the molecule is CC(C)NCCCC(=O)Nc1ccc(F)cc1I. The summed E-state index contributed by atoms with van der Waals surface area (Å²) >= 11 is 2.01. The van der Waals surface area contributed by atoms with Crippen LogP contribution < -0.4 is 10.6 Å². The van der Waals surface area contributed by atoms with Crippen LogP contribution in [0.4, 0.5) is 10.1 Å². The average Bonchev–Trinajstić information content (AvgIpc) is 2.28. The Morgan fingerprint density at radius 2 is 2.17 bits per heavy atom. The summed E-state index contributed by atoms with van der Waals surface area (Å²) in [6.45, 7) is 4.97. The van der Waals surface area contributed by atoms with Crippen LogP contribution in [-0.2, 0) is 4.79 Å². The van der Waals surface area contributed by atoms with E-state index in [1.807, 2.05) is 22.6 Å². The normalized spacial score (nSPS) is 10.7. The maximum absolute atomic E-state index is 12.9. The standard InChI is InChI=1S/C13H18FIN2O/c1-9(2)16-7-3-4-13(18)17-12-6-5-10(14)8-11(12)15/h5-6,8-9,16H,3-4,7H2,1-2H3,(H,17,18). The van der Waals surface area contributed by atoms with E-state index in [1.54, 1.807) is 6.07 Å². The van der Waals surface area contributed by atoms with Crippen LogP contribution in [0.1, 0.15) is 26.7 Å². The molecule has 100 valence electrons. The van der Waals surface area contributed by atoms with Gasteiger partial charge in [0.25, 0.3) is 0 Å². The van der Waals surface area contributed by atoms with E-state index in [0.29, 0.717) is 21.7 Å². The number of benzene rings is 1. The zero-order chi connectivity index (χ0) is 13.5. The van der Waals surface area contributed by atoms with Crippen LogP contribution in [0.3, 0.4) is 0 Å². The molecule has 0 saturated carbocycles. The molecule has 0 aliphatic rings. The Morgan fingerprint density at radius 3 is 2.78 bits per heavy atom. The Balaban J connectivity index is 2.35. The number of anilines is 1. The first-order chi connectivity index (χ1) is 8.49. The van der Waals surface area contributed by atoms with Gasteiger partial charge in [-0.1, -0.05) is 13.8 Å². The number of halogens is 2. The summed E-state index contributed by atoms with van der Waals surface area (Å²) in [6.07, 6.45) is 1.26. The molecule has 2 N–H and O–H groups in total. The second-order valence-corrected chi connectivity index (χ2v) is 5.55. The molecule has 1 rings (SSSR count). The lowest BCUT2D eigenvalue weighted by molar-refractivity contribution is -0.116. The van der Waals surface area contributed by atoms with Crippen molar-refractivity contribution < 1.29 is 9.18 Å². The number of nitrogens with one attached hydrogen (secondary N) is 2. The van der Waals surface area contributed by atoms with Gasteiger partial charge in [0.05, 0.1) is 5.69 Å². The van der Waals surface area contributed by atoms with Crippen LogP contribution in [0.15, 0.2) is 18.2 Å². The summed E-state index contributed by atoms with van der Waals surface area (Å²) < 4.78 is 13.6.